The maximum Gasteiger partial charge on any atom is 0.224 e. The Hall–Kier alpha value is -1.68. The molecule has 0 aliphatic carbocycles. The van der Waals surface area contributed by atoms with Gasteiger partial charge in [-0.2, -0.15) is 0 Å². The van der Waals surface area contributed by atoms with Gasteiger partial charge in [0.2, 0.25) is 6.29 Å². The lowest BCUT2D eigenvalue weighted by Crippen LogP contribution is -2.15. The summed E-state index contributed by atoms with van der Waals surface area (Å²) in [5, 5.41) is 0. The molecule has 0 saturated carbocycles. The minimum Gasteiger partial charge on any atom is -0.374 e. The van der Waals surface area contributed by atoms with Crippen molar-refractivity contribution < 1.29 is 14.2 Å². The third-order valence-electron chi connectivity index (χ3n) is 3.63. The number of benzene rings is 2. The minimum atomic E-state index is 0.106. The molecule has 1 saturated heterocycles. The summed E-state index contributed by atoms with van der Waals surface area (Å²) in [7, 11) is 0. The molecule has 1 atom stereocenters. The second-order valence-electron chi connectivity index (χ2n) is 5.43. The van der Waals surface area contributed by atoms with Crippen LogP contribution in [0.4, 0.5) is 0 Å². The number of rotatable bonds is 7. The molecule has 115 valence electrons. The third kappa shape index (κ3) is 4.67. The highest BCUT2D eigenvalue weighted by atomic mass is 16.7. The highest BCUT2D eigenvalue weighted by Gasteiger charge is 2.27. The summed E-state index contributed by atoms with van der Waals surface area (Å²) in [6.45, 7) is 1.79. The molecule has 22 heavy (non-hydrogen) atoms. The molecule has 0 bridgehead atoms. The Kier molecular flexibility index (Phi) is 5.59. The lowest BCUT2D eigenvalue weighted by Gasteiger charge is -2.13. The molecule has 1 heterocycles. The Bertz CT molecular complexity index is 541. The van der Waals surface area contributed by atoms with Crippen molar-refractivity contribution >= 4 is 0 Å². The average Bonchev–Trinajstić information content (AvgIpc) is 3.03. The predicted octanol–water partition coefficient (Wildman–Crippen LogP) is 4.09. The molecule has 1 radical (unpaired) electrons. The zero-order chi connectivity index (χ0) is 15.0. The Morgan fingerprint density at radius 3 is 2.18 bits per heavy atom. The van der Waals surface area contributed by atoms with Crippen LogP contribution in [-0.4, -0.2) is 12.7 Å². The van der Waals surface area contributed by atoms with E-state index in [0.29, 0.717) is 19.8 Å². The third-order valence-corrected chi connectivity index (χ3v) is 3.63. The van der Waals surface area contributed by atoms with Crippen LogP contribution in [0.1, 0.15) is 24.0 Å². The lowest BCUT2D eigenvalue weighted by molar-refractivity contribution is -0.0734. The van der Waals surface area contributed by atoms with Crippen LogP contribution >= 0.6 is 0 Å². The number of hydrogen-bond donors (Lipinski definition) is 0. The molecule has 1 fully saturated rings. The van der Waals surface area contributed by atoms with Crippen LogP contribution in [0.25, 0.3) is 0 Å². The minimum absolute atomic E-state index is 0.106. The first-order chi connectivity index (χ1) is 10.9. The van der Waals surface area contributed by atoms with E-state index in [0.717, 1.165) is 24.7 Å². The summed E-state index contributed by atoms with van der Waals surface area (Å²) in [6.07, 6.45) is 2.65. The molecule has 0 spiro atoms. The zero-order valence-electron chi connectivity index (χ0n) is 12.6. The van der Waals surface area contributed by atoms with Crippen LogP contribution in [0.5, 0.6) is 0 Å². The number of ether oxygens (including phenoxy) is 3. The lowest BCUT2D eigenvalue weighted by atomic mass is 10.2. The predicted molar refractivity (Wildman–Crippen MR) is 84.7 cm³/mol. The first-order valence-corrected chi connectivity index (χ1v) is 7.71. The van der Waals surface area contributed by atoms with Gasteiger partial charge in [-0.15, -0.1) is 0 Å². The second kappa shape index (κ2) is 8.08. The topological polar surface area (TPSA) is 27.7 Å². The maximum atomic E-state index is 5.79. The van der Waals surface area contributed by atoms with Gasteiger partial charge in [0.05, 0.1) is 25.9 Å². The van der Waals surface area contributed by atoms with Gasteiger partial charge < -0.3 is 14.2 Å². The van der Waals surface area contributed by atoms with E-state index in [-0.39, 0.29) is 6.10 Å². The van der Waals surface area contributed by atoms with Crippen molar-refractivity contribution in [3.8, 4) is 0 Å². The molecule has 3 nitrogen and oxygen atoms in total. The summed E-state index contributed by atoms with van der Waals surface area (Å²) in [6, 6.07) is 20.3. The Labute approximate surface area is 131 Å². The average molecular weight is 297 g/mol. The molecule has 2 aromatic carbocycles. The van der Waals surface area contributed by atoms with E-state index in [4.69, 9.17) is 14.2 Å². The van der Waals surface area contributed by atoms with Gasteiger partial charge >= 0.3 is 0 Å². The van der Waals surface area contributed by atoms with Crippen molar-refractivity contribution in [3.63, 3.8) is 0 Å². The molecule has 1 aliphatic rings. The summed E-state index contributed by atoms with van der Waals surface area (Å²) in [5.74, 6) is 0. The van der Waals surface area contributed by atoms with E-state index in [9.17, 15) is 0 Å². The van der Waals surface area contributed by atoms with Crippen molar-refractivity contribution in [2.75, 3.05) is 6.61 Å². The molecule has 1 unspecified atom stereocenters. The molecule has 2 aromatic rings. The van der Waals surface area contributed by atoms with Crippen molar-refractivity contribution in [3.05, 3.63) is 78.1 Å². The quantitative estimate of drug-likeness (QED) is 0.770. The van der Waals surface area contributed by atoms with E-state index in [1.54, 1.807) is 0 Å². The van der Waals surface area contributed by atoms with E-state index in [1.165, 1.54) is 5.56 Å². The van der Waals surface area contributed by atoms with E-state index in [1.807, 2.05) is 36.4 Å². The van der Waals surface area contributed by atoms with Crippen molar-refractivity contribution in [2.24, 2.45) is 0 Å². The second-order valence-corrected chi connectivity index (χ2v) is 5.43. The van der Waals surface area contributed by atoms with Gasteiger partial charge in [0, 0.05) is 6.42 Å². The Morgan fingerprint density at radius 1 is 0.864 bits per heavy atom. The van der Waals surface area contributed by atoms with Crippen molar-refractivity contribution in [1.82, 2.24) is 0 Å². The van der Waals surface area contributed by atoms with Crippen LogP contribution in [0.15, 0.2) is 60.7 Å². The van der Waals surface area contributed by atoms with Gasteiger partial charge in [-0.05, 0) is 17.5 Å². The Balaban J connectivity index is 1.34. The fourth-order valence-corrected chi connectivity index (χ4v) is 2.43. The highest BCUT2D eigenvalue weighted by molar-refractivity contribution is 5.14. The fourth-order valence-electron chi connectivity index (χ4n) is 2.43. The van der Waals surface area contributed by atoms with E-state index < -0.39 is 0 Å². The number of hydrogen-bond acceptors (Lipinski definition) is 3. The fraction of sp³-hybridized carbons (Fsp3) is 0.316. The van der Waals surface area contributed by atoms with Gasteiger partial charge in [-0.1, -0.05) is 60.7 Å². The van der Waals surface area contributed by atoms with Crippen LogP contribution in [-0.2, 0) is 27.4 Å². The smallest absolute Gasteiger partial charge is 0.224 e. The summed E-state index contributed by atoms with van der Waals surface area (Å²) >= 11 is 0. The first-order valence-electron chi connectivity index (χ1n) is 7.71. The van der Waals surface area contributed by atoms with Crippen molar-refractivity contribution in [2.45, 2.75) is 32.2 Å². The maximum absolute atomic E-state index is 5.79. The van der Waals surface area contributed by atoms with Gasteiger partial charge in [0.15, 0.2) is 0 Å². The summed E-state index contributed by atoms with van der Waals surface area (Å²) in [4.78, 5) is 0. The zero-order valence-corrected chi connectivity index (χ0v) is 12.6. The first kappa shape index (κ1) is 15.2. The highest BCUT2D eigenvalue weighted by Crippen LogP contribution is 2.28. The van der Waals surface area contributed by atoms with Crippen LogP contribution in [0, 0.1) is 6.29 Å². The summed E-state index contributed by atoms with van der Waals surface area (Å²) in [5.41, 5.74) is 2.34. The molecule has 1 aliphatic heterocycles. The SMILES string of the molecule is c1ccc(COCC2CC[C](OCc3ccccc3)O2)cc1. The Morgan fingerprint density at radius 2 is 1.50 bits per heavy atom. The monoisotopic (exact) mass is 297 g/mol. The molecule has 0 N–H and O–H groups in total. The van der Waals surface area contributed by atoms with Gasteiger partial charge in [0.1, 0.15) is 0 Å². The molecule has 3 rings (SSSR count). The van der Waals surface area contributed by atoms with Gasteiger partial charge in [-0.3, -0.25) is 0 Å². The standard InChI is InChI=1S/C19H21O3/c1-3-7-16(8-4-1)13-20-15-18-11-12-19(22-18)21-14-17-9-5-2-6-10-17/h1-10,18H,11-15H2. The molecule has 0 amide bonds. The normalized spacial score (nSPS) is 18.6. The van der Waals surface area contributed by atoms with Crippen molar-refractivity contribution in [1.29, 1.82) is 0 Å². The molecular formula is C19H21O3. The molecular weight excluding hydrogens is 276 g/mol. The molecule has 3 heteroatoms. The van der Waals surface area contributed by atoms with Crippen LogP contribution < -0.4 is 0 Å². The van der Waals surface area contributed by atoms with Gasteiger partial charge in [-0.25, -0.2) is 0 Å². The van der Waals surface area contributed by atoms with Crippen LogP contribution in [0.3, 0.4) is 0 Å². The van der Waals surface area contributed by atoms with Crippen LogP contribution in [0.2, 0.25) is 0 Å². The van der Waals surface area contributed by atoms with Gasteiger partial charge in [0.25, 0.3) is 0 Å². The molecule has 0 aromatic heterocycles. The summed E-state index contributed by atoms with van der Waals surface area (Å²) < 4.78 is 17.2. The van der Waals surface area contributed by atoms with E-state index in [2.05, 4.69) is 24.3 Å². The van der Waals surface area contributed by atoms with E-state index >= 15 is 0 Å². The largest absolute Gasteiger partial charge is 0.374 e.